The zero-order valence-corrected chi connectivity index (χ0v) is 17.8. The Morgan fingerprint density at radius 2 is 1.47 bits per heavy atom. The van der Waals surface area contributed by atoms with Gasteiger partial charge in [-0.05, 0) is 70.9 Å². The zero-order chi connectivity index (χ0) is 21.3. The highest BCUT2D eigenvalue weighted by Crippen LogP contribution is 2.19. The van der Waals surface area contributed by atoms with Crippen LogP contribution in [0.4, 0.5) is 0 Å². The quantitative estimate of drug-likeness (QED) is 0.512. The minimum atomic E-state index is -0.461. The Morgan fingerprint density at radius 1 is 0.867 bits per heavy atom. The Balaban J connectivity index is 1.49. The molecule has 0 unspecified atom stereocenters. The van der Waals surface area contributed by atoms with Gasteiger partial charge in [0, 0.05) is 22.4 Å². The Kier molecular flexibility index (Phi) is 7.40. The number of aromatic nitrogens is 1. The molecule has 0 aliphatic rings. The number of benzene rings is 2. The number of hydrogen-bond donors (Lipinski definition) is 2. The molecular formula is C22H20BrN3O4. The molecule has 7 nitrogen and oxygen atoms in total. The van der Waals surface area contributed by atoms with E-state index < -0.39 is 11.8 Å². The number of carbonyl (C=O) groups is 2. The minimum Gasteiger partial charge on any atom is -0.494 e. The summed E-state index contributed by atoms with van der Waals surface area (Å²) < 4.78 is 11.8. The Morgan fingerprint density at radius 3 is 2.07 bits per heavy atom. The first-order valence-corrected chi connectivity index (χ1v) is 10.0. The maximum absolute atomic E-state index is 12.2. The summed E-state index contributed by atoms with van der Waals surface area (Å²) in [6.45, 7) is 2.91. The molecule has 2 aromatic carbocycles. The summed E-state index contributed by atoms with van der Waals surface area (Å²) in [6.07, 6.45) is 2.97. The van der Waals surface area contributed by atoms with E-state index in [-0.39, 0.29) is 0 Å². The molecule has 8 heteroatoms. The van der Waals surface area contributed by atoms with Crippen molar-refractivity contribution >= 4 is 27.7 Å². The van der Waals surface area contributed by atoms with Crippen molar-refractivity contribution in [2.24, 2.45) is 0 Å². The van der Waals surface area contributed by atoms with Crippen molar-refractivity contribution in [3.05, 3.63) is 88.2 Å². The molecule has 0 fully saturated rings. The van der Waals surface area contributed by atoms with Crippen LogP contribution >= 0.6 is 15.9 Å². The molecule has 3 aromatic rings. The summed E-state index contributed by atoms with van der Waals surface area (Å²) in [6, 6.07) is 15.9. The van der Waals surface area contributed by atoms with Crippen molar-refractivity contribution in [2.45, 2.75) is 13.5 Å². The van der Waals surface area contributed by atoms with Crippen molar-refractivity contribution in [1.82, 2.24) is 15.8 Å². The fourth-order valence-corrected chi connectivity index (χ4v) is 2.88. The molecule has 2 N–H and O–H groups in total. The molecule has 0 bridgehead atoms. The normalized spacial score (nSPS) is 10.2. The number of ether oxygens (including phenoxy) is 2. The van der Waals surface area contributed by atoms with Crippen LogP contribution in [0, 0.1) is 0 Å². The third-order valence-corrected chi connectivity index (χ3v) is 4.45. The van der Waals surface area contributed by atoms with Crippen LogP contribution < -0.4 is 20.3 Å². The van der Waals surface area contributed by atoms with E-state index in [0.29, 0.717) is 28.8 Å². The SMILES string of the molecule is CCOc1ccc(OCc2ccc(C(=O)NNC(=O)c3cncc(Br)c3)cc2)cc1. The van der Waals surface area contributed by atoms with Crippen molar-refractivity contribution in [1.29, 1.82) is 0 Å². The van der Waals surface area contributed by atoms with Gasteiger partial charge in [0.1, 0.15) is 18.1 Å². The summed E-state index contributed by atoms with van der Waals surface area (Å²) in [4.78, 5) is 28.2. The predicted molar refractivity (Wildman–Crippen MR) is 115 cm³/mol. The number of hydrogen-bond acceptors (Lipinski definition) is 5. The minimum absolute atomic E-state index is 0.325. The van der Waals surface area contributed by atoms with Crippen LogP contribution in [0.1, 0.15) is 33.2 Å². The average Bonchev–Trinajstić information content (AvgIpc) is 2.77. The number of amides is 2. The first kappa shape index (κ1) is 21.3. The monoisotopic (exact) mass is 469 g/mol. The number of rotatable bonds is 7. The maximum Gasteiger partial charge on any atom is 0.271 e. The van der Waals surface area contributed by atoms with Gasteiger partial charge in [-0.15, -0.1) is 0 Å². The smallest absolute Gasteiger partial charge is 0.271 e. The average molecular weight is 470 g/mol. The van der Waals surface area contributed by atoms with E-state index in [1.54, 1.807) is 36.5 Å². The molecule has 0 radical (unpaired) electrons. The first-order chi connectivity index (χ1) is 14.5. The second kappa shape index (κ2) is 10.4. The molecule has 3 rings (SSSR count). The maximum atomic E-state index is 12.2. The molecule has 2 amide bonds. The zero-order valence-electron chi connectivity index (χ0n) is 16.2. The van der Waals surface area contributed by atoms with Crippen LogP contribution in [0.5, 0.6) is 11.5 Å². The van der Waals surface area contributed by atoms with E-state index >= 15 is 0 Å². The first-order valence-electron chi connectivity index (χ1n) is 9.21. The molecule has 154 valence electrons. The second-order valence-corrected chi connectivity index (χ2v) is 7.11. The van der Waals surface area contributed by atoms with E-state index in [2.05, 4.69) is 31.8 Å². The van der Waals surface area contributed by atoms with E-state index in [9.17, 15) is 9.59 Å². The topological polar surface area (TPSA) is 89.5 Å². The third-order valence-electron chi connectivity index (χ3n) is 4.01. The Labute approximate surface area is 182 Å². The van der Waals surface area contributed by atoms with Crippen LogP contribution in [0.3, 0.4) is 0 Å². The lowest BCUT2D eigenvalue weighted by Gasteiger charge is -2.09. The van der Waals surface area contributed by atoms with Gasteiger partial charge in [-0.3, -0.25) is 25.4 Å². The largest absolute Gasteiger partial charge is 0.494 e. The molecule has 0 saturated carbocycles. The van der Waals surface area contributed by atoms with Gasteiger partial charge in [-0.2, -0.15) is 0 Å². The molecule has 0 aliphatic heterocycles. The summed E-state index contributed by atoms with van der Waals surface area (Å²) in [5, 5.41) is 0. The van der Waals surface area contributed by atoms with Gasteiger partial charge < -0.3 is 9.47 Å². The molecule has 0 spiro atoms. The molecule has 0 aliphatic carbocycles. The van der Waals surface area contributed by atoms with E-state index in [1.165, 1.54) is 6.20 Å². The van der Waals surface area contributed by atoms with Crippen LogP contribution in [0.2, 0.25) is 0 Å². The van der Waals surface area contributed by atoms with Crippen molar-refractivity contribution in [3.8, 4) is 11.5 Å². The molecule has 1 heterocycles. The van der Waals surface area contributed by atoms with Gasteiger partial charge in [-0.25, -0.2) is 0 Å². The van der Waals surface area contributed by atoms with Crippen LogP contribution in [-0.2, 0) is 6.61 Å². The van der Waals surface area contributed by atoms with Gasteiger partial charge in [0.05, 0.1) is 12.2 Å². The van der Waals surface area contributed by atoms with Crippen molar-refractivity contribution in [3.63, 3.8) is 0 Å². The number of nitrogens with one attached hydrogen (secondary N) is 2. The highest BCUT2D eigenvalue weighted by Gasteiger charge is 2.10. The summed E-state index contributed by atoms with van der Waals surface area (Å²) in [5.74, 6) is 0.635. The molecule has 0 atom stereocenters. The summed E-state index contributed by atoms with van der Waals surface area (Å²) in [7, 11) is 0. The van der Waals surface area contributed by atoms with Crippen LogP contribution in [-0.4, -0.2) is 23.4 Å². The highest BCUT2D eigenvalue weighted by molar-refractivity contribution is 9.10. The lowest BCUT2D eigenvalue weighted by atomic mass is 10.1. The predicted octanol–water partition coefficient (Wildman–Crippen LogP) is 3.90. The van der Waals surface area contributed by atoms with Crippen molar-refractivity contribution < 1.29 is 19.1 Å². The third kappa shape index (κ3) is 6.05. The van der Waals surface area contributed by atoms with Gasteiger partial charge in [0.15, 0.2) is 0 Å². The fourth-order valence-electron chi connectivity index (χ4n) is 2.51. The standard InChI is InChI=1S/C22H20BrN3O4/c1-2-29-19-7-9-20(10-8-19)30-14-15-3-5-16(6-4-15)21(27)25-26-22(28)17-11-18(23)13-24-12-17/h3-13H,2,14H2,1H3,(H,25,27)(H,26,28). The van der Waals surface area contributed by atoms with Crippen LogP contribution in [0.15, 0.2) is 71.5 Å². The van der Waals surface area contributed by atoms with E-state index in [1.807, 2.05) is 31.2 Å². The van der Waals surface area contributed by atoms with Gasteiger partial charge in [-0.1, -0.05) is 12.1 Å². The lowest BCUT2D eigenvalue weighted by molar-refractivity contribution is 0.0846. The second-order valence-electron chi connectivity index (χ2n) is 6.19. The van der Waals surface area contributed by atoms with Crippen molar-refractivity contribution in [2.75, 3.05) is 6.61 Å². The Hall–Kier alpha value is -3.39. The summed E-state index contributed by atoms with van der Waals surface area (Å²) >= 11 is 3.25. The fraction of sp³-hybridized carbons (Fsp3) is 0.136. The van der Waals surface area contributed by atoms with Gasteiger partial charge in [0.2, 0.25) is 0 Å². The summed E-state index contributed by atoms with van der Waals surface area (Å²) in [5.41, 5.74) is 6.39. The van der Waals surface area contributed by atoms with E-state index in [4.69, 9.17) is 9.47 Å². The van der Waals surface area contributed by atoms with Gasteiger partial charge >= 0.3 is 0 Å². The van der Waals surface area contributed by atoms with E-state index in [0.717, 1.165) is 17.1 Å². The number of nitrogens with zero attached hydrogens (tertiary/aromatic N) is 1. The Bertz CT molecular complexity index is 1010. The highest BCUT2D eigenvalue weighted by atomic mass is 79.9. The lowest BCUT2D eigenvalue weighted by Crippen LogP contribution is -2.41. The molecule has 1 aromatic heterocycles. The molecular weight excluding hydrogens is 450 g/mol. The molecule has 0 saturated heterocycles. The van der Waals surface area contributed by atoms with Gasteiger partial charge in [0.25, 0.3) is 11.8 Å². The number of carbonyl (C=O) groups excluding carboxylic acids is 2. The number of halogens is 1. The van der Waals surface area contributed by atoms with Crippen LogP contribution in [0.25, 0.3) is 0 Å². The number of pyridine rings is 1. The molecule has 30 heavy (non-hydrogen) atoms. The number of hydrazine groups is 1.